The molecular weight excluding hydrogens is 302 g/mol. The second kappa shape index (κ2) is 7.19. The summed E-state index contributed by atoms with van der Waals surface area (Å²) in [5.41, 5.74) is 3.04. The summed E-state index contributed by atoms with van der Waals surface area (Å²) in [5.74, 6) is -1.02. The third kappa shape index (κ3) is 3.84. The van der Waals surface area contributed by atoms with Gasteiger partial charge in [0.25, 0.3) is 0 Å². The smallest absolute Gasteiger partial charge is 0.337 e. The second-order valence-corrected chi connectivity index (χ2v) is 5.06. The Morgan fingerprint density at radius 3 is 2.08 bits per heavy atom. The largest absolute Gasteiger partial charge is 0.478 e. The number of hydrogen-bond donors (Lipinski definition) is 2. The lowest BCUT2D eigenvalue weighted by Gasteiger charge is -2.05. The van der Waals surface area contributed by atoms with E-state index in [0.29, 0.717) is 11.4 Å². The van der Waals surface area contributed by atoms with E-state index >= 15 is 0 Å². The summed E-state index contributed by atoms with van der Waals surface area (Å²) < 4.78 is 0. The molecule has 0 atom stereocenters. The number of para-hydroxylation sites is 1. The number of azo groups is 1. The average Bonchev–Trinajstić information content (AvgIpc) is 2.62. The van der Waals surface area contributed by atoms with Crippen molar-refractivity contribution in [2.75, 3.05) is 5.32 Å². The second-order valence-electron chi connectivity index (χ2n) is 5.06. The monoisotopic (exact) mass is 317 g/mol. The number of nitrogens with one attached hydrogen (secondary N) is 1. The first-order valence-electron chi connectivity index (χ1n) is 7.38. The normalized spacial score (nSPS) is 10.7. The lowest BCUT2D eigenvalue weighted by Crippen LogP contribution is -1.95. The van der Waals surface area contributed by atoms with Crippen LogP contribution in [-0.2, 0) is 0 Å². The van der Waals surface area contributed by atoms with Crippen LogP contribution >= 0.6 is 0 Å². The molecule has 2 N–H and O–H groups in total. The van der Waals surface area contributed by atoms with Gasteiger partial charge in [0.15, 0.2) is 0 Å². The van der Waals surface area contributed by atoms with Crippen molar-refractivity contribution in [2.24, 2.45) is 10.2 Å². The zero-order chi connectivity index (χ0) is 16.8. The fourth-order valence-corrected chi connectivity index (χ4v) is 2.15. The van der Waals surface area contributed by atoms with Crippen LogP contribution in [0.2, 0.25) is 0 Å². The Kier molecular flexibility index (Phi) is 4.62. The molecule has 0 unspecified atom stereocenters. The van der Waals surface area contributed by atoms with E-state index in [2.05, 4.69) is 15.5 Å². The molecule has 0 saturated heterocycles. The summed E-state index contributed by atoms with van der Waals surface area (Å²) in [5, 5.41) is 20.5. The van der Waals surface area contributed by atoms with Gasteiger partial charge in [0.2, 0.25) is 0 Å². The zero-order valence-corrected chi connectivity index (χ0v) is 12.8. The van der Waals surface area contributed by atoms with E-state index in [0.717, 1.165) is 11.4 Å². The van der Waals surface area contributed by atoms with Gasteiger partial charge in [-0.05, 0) is 48.5 Å². The summed E-state index contributed by atoms with van der Waals surface area (Å²) in [7, 11) is 0. The third-order valence-corrected chi connectivity index (χ3v) is 3.34. The van der Waals surface area contributed by atoms with E-state index in [4.69, 9.17) is 5.11 Å². The molecule has 0 aliphatic rings. The highest BCUT2D eigenvalue weighted by Gasteiger charge is 2.07. The van der Waals surface area contributed by atoms with Crippen molar-refractivity contribution in [2.45, 2.75) is 0 Å². The van der Waals surface area contributed by atoms with Gasteiger partial charge in [-0.3, -0.25) is 0 Å². The molecule has 0 radical (unpaired) electrons. The molecule has 0 heterocycles. The zero-order valence-electron chi connectivity index (χ0n) is 12.8. The lowest BCUT2D eigenvalue weighted by atomic mass is 10.2. The Balaban J connectivity index is 1.74. The molecule has 5 nitrogen and oxygen atoms in total. The predicted molar refractivity (Wildman–Crippen MR) is 93.7 cm³/mol. The van der Waals surface area contributed by atoms with E-state index in [1.165, 1.54) is 6.07 Å². The molecule has 0 amide bonds. The van der Waals surface area contributed by atoms with E-state index in [-0.39, 0.29) is 5.56 Å². The molecule has 3 rings (SSSR count). The van der Waals surface area contributed by atoms with Crippen LogP contribution in [0.3, 0.4) is 0 Å². The first kappa shape index (κ1) is 15.4. The quantitative estimate of drug-likeness (QED) is 0.606. The van der Waals surface area contributed by atoms with Gasteiger partial charge in [-0.15, -0.1) is 5.11 Å². The molecule has 0 saturated carbocycles. The van der Waals surface area contributed by atoms with Crippen LogP contribution in [0.25, 0.3) is 0 Å². The van der Waals surface area contributed by atoms with Crippen LogP contribution in [0, 0.1) is 0 Å². The third-order valence-electron chi connectivity index (χ3n) is 3.34. The maximum Gasteiger partial charge on any atom is 0.337 e. The van der Waals surface area contributed by atoms with E-state index in [9.17, 15) is 4.79 Å². The molecule has 3 aromatic rings. The van der Waals surface area contributed by atoms with Gasteiger partial charge < -0.3 is 10.4 Å². The van der Waals surface area contributed by atoms with Gasteiger partial charge >= 0.3 is 5.97 Å². The molecule has 3 aromatic carbocycles. The van der Waals surface area contributed by atoms with Crippen LogP contribution in [0.15, 0.2) is 89.1 Å². The van der Waals surface area contributed by atoms with Crippen molar-refractivity contribution in [3.8, 4) is 0 Å². The Bertz CT molecular complexity index is 859. The number of nitrogens with zero attached hydrogens (tertiary/aromatic N) is 2. The van der Waals surface area contributed by atoms with Crippen LogP contribution in [-0.4, -0.2) is 11.1 Å². The van der Waals surface area contributed by atoms with Crippen molar-refractivity contribution in [3.05, 3.63) is 84.4 Å². The maximum absolute atomic E-state index is 11.1. The summed E-state index contributed by atoms with van der Waals surface area (Å²) in [6, 6.07) is 23.8. The first-order chi connectivity index (χ1) is 11.7. The number of carbonyl (C=O) groups is 1. The molecule has 0 spiro atoms. The van der Waals surface area contributed by atoms with Crippen molar-refractivity contribution >= 4 is 28.7 Å². The minimum absolute atomic E-state index is 0.128. The van der Waals surface area contributed by atoms with E-state index in [1.807, 2.05) is 54.6 Å². The van der Waals surface area contributed by atoms with Crippen LogP contribution in [0.5, 0.6) is 0 Å². The minimum Gasteiger partial charge on any atom is -0.478 e. The topological polar surface area (TPSA) is 74.0 Å². The minimum atomic E-state index is -1.02. The molecule has 0 aromatic heterocycles. The highest BCUT2D eigenvalue weighted by molar-refractivity contribution is 5.93. The van der Waals surface area contributed by atoms with Gasteiger partial charge in [0.1, 0.15) is 5.69 Å². The predicted octanol–water partition coefficient (Wildman–Crippen LogP) is 5.54. The SMILES string of the molecule is O=C(O)c1ccccc1N=Nc1ccc(Nc2ccccc2)cc1. The molecule has 24 heavy (non-hydrogen) atoms. The highest BCUT2D eigenvalue weighted by atomic mass is 16.4. The maximum atomic E-state index is 11.1. The van der Waals surface area contributed by atoms with E-state index < -0.39 is 5.97 Å². The average molecular weight is 317 g/mol. The molecule has 118 valence electrons. The molecular formula is C19H15N3O2. The fraction of sp³-hybridized carbons (Fsp3) is 0. The Labute approximate surface area is 139 Å². The van der Waals surface area contributed by atoms with Crippen LogP contribution in [0.1, 0.15) is 10.4 Å². The van der Waals surface area contributed by atoms with Crippen molar-refractivity contribution in [1.29, 1.82) is 0 Å². The standard InChI is InChI=1S/C19H15N3O2/c23-19(24)17-8-4-5-9-18(17)22-21-16-12-10-15(11-13-16)20-14-6-2-1-3-7-14/h1-13,20H,(H,23,24). The van der Waals surface area contributed by atoms with E-state index in [1.54, 1.807) is 18.2 Å². The van der Waals surface area contributed by atoms with Gasteiger partial charge in [-0.1, -0.05) is 30.3 Å². The number of carboxylic acid groups (broad SMARTS) is 1. The fourth-order valence-electron chi connectivity index (χ4n) is 2.15. The van der Waals surface area contributed by atoms with Gasteiger partial charge in [-0.2, -0.15) is 5.11 Å². The molecule has 0 bridgehead atoms. The van der Waals surface area contributed by atoms with Gasteiger partial charge in [-0.25, -0.2) is 4.79 Å². The number of carboxylic acids is 1. The highest BCUT2D eigenvalue weighted by Crippen LogP contribution is 2.24. The number of rotatable bonds is 5. The number of hydrogen-bond acceptors (Lipinski definition) is 4. The van der Waals surface area contributed by atoms with Gasteiger partial charge in [0, 0.05) is 11.4 Å². The first-order valence-corrected chi connectivity index (χ1v) is 7.38. The number of benzene rings is 3. The van der Waals surface area contributed by atoms with Crippen LogP contribution < -0.4 is 5.32 Å². The lowest BCUT2D eigenvalue weighted by molar-refractivity contribution is 0.0698. The molecule has 0 aliphatic heterocycles. The Morgan fingerprint density at radius 1 is 0.750 bits per heavy atom. The van der Waals surface area contributed by atoms with Crippen LogP contribution in [0.4, 0.5) is 22.7 Å². The molecule has 0 aliphatic carbocycles. The van der Waals surface area contributed by atoms with Crippen molar-refractivity contribution < 1.29 is 9.90 Å². The van der Waals surface area contributed by atoms with Crippen molar-refractivity contribution in [3.63, 3.8) is 0 Å². The Hall–Kier alpha value is -3.47. The number of aromatic carboxylic acids is 1. The van der Waals surface area contributed by atoms with Gasteiger partial charge in [0.05, 0.1) is 11.3 Å². The molecule has 5 heteroatoms. The summed E-state index contributed by atoms with van der Waals surface area (Å²) in [6.07, 6.45) is 0. The number of anilines is 2. The summed E-state index contributed by atoms with van der Waals surface area (Å²) in [4.78, 5) is 11.1. The Morgan fingerprint density at radius 2 is 1.38 bits per heavy atom. The molecule has 0 fully saturated rings. The summed E-state index contributed by atoms with van der Waals surface area (Å²) in [6.45, 7) is 0. The van der Waals surface area contributed by atoms with Crippen molar-refractivity contribution in [1.82, 2.24) is 0 Å². The summed E-state index contributed by atoms with van der Waals surface area (Å²) >= 11 is 0.